The average molecular weight is 389 g/mol. The molecule has 2 N–H and O–H groups in total. The summed E-state index contributed by atoms with van der Waals surface area (Å²) in [5, 5.41) is 5.68. The van der Waals surface area contributed by atoms with Crippen LogP contribution >= 0.6 is 0 Å². The quantitative estimate of drug-likeness (QED) is 0.643. The molecule has 0 unspecified atom stereocenters. The third-order valence-corrected chi connectivity index (χ3v) is 4.47. The van der Waals surface area contributed by atoms with Gasteiger partial charge in [0.1, 0.15) is 17.1 Å². The fourth-order valence-electron chi connectivity index (χ4n) is 2.84. The second kappa shape index (κ2) is 9.50. The van der Waals surface area contributed by atoms with Gasteiger partial charge in [0.2, 0.25) is 0 Å². The number of nitrogens with zero attached hydrogens (tertiary/aromatic N) is 1. The van der Waals surface area contributed by atoms with Gasteiger partial charge in [0.05, 0.1) is 7.11 Å². The van der Waals surface area contributed by atoms with Crippen molar-refractivity contribution in [3.05, 3.63) is 89.2 Å². The van der Waals surface area contributed by atoms with E-state index in [4.69, 9.17) is 4.74 Å². The lowest BCUT2D eigenvalue weighted by Crippen LogP contribution is -2.25. The average Bonchev–Trinajstić information content (AvgIpc) is 2.78. The first-order valence-electron chi connectivity index (χ1n) is 9.38. The van der Waals surface area contributed by atoms with E-state index in [-0.39, 0.29) is 23.2 Å². The summed E-state index contributed by atoms with van der Waals surface area (Å²) < 4.78 is 5.12. The zero-order valence-corrected chi connectivity index (χ0v) is 16.4. The van der Waals surface area contributed by atoms with E-state index in [1.807, 2.05) is 55.5 Å². The number of nitrogens with one attached hydrogen (secondary N) is 2. The maximum atomic E-state index is 12.6. The van der Waals surface area contributed by atoms with Crippen molar-refractivity contribution >= 4 is 17.5 Å². The lowest BCUT2D eigenvalue weighted by atomic mass is 10.1. The number of amides is 2. The molecule has 0 bridgehead atoms. The first kappa shape index (κ1) is 20.1. The third-order valence-electron chi connectivity index (χ3n) is 4.47. The van der Waals surface area contributed by atoms with Crippen molar-refractivity contribution in [1.29, 1.82) is 0 Å². The van der Waals surface area contributed by atoms with Gasteiger partial charge in [-0.3, -0.25) is 9.59 Å². The Bertz CT molecular complexity index is 1000. The molecule has 2 amide bonds. The molecule has 0 aliphatic rings. The highest BCUT2D eigenvalue weighted by molar-refractivity contribution is 6.04. The fourth-order valence-corrected chi connectivity index (χ4v) is 2.84. The molecule has 6 nitrogen and oxygen atoms in total. The third kappa shape index (κ3) is 5.19. The van der Waals surface area contributed by atoms with Crippen LogP contribution in [0.25, 0.3) is 0 Å². The lowest BCUT2D eigenvalue weighted by Gasteiger charge is -2.10. The van der Waals surface area contributed by atoms with E-state index in [0.29, 0.717) is 6.54 Å². The second-order valence-electron chi connectivity index (χ2n) is 6.40. The predicted molar refractivity (Wildman–Crippen MR) is 112 cm³/mol. The van der Waals surface area contributed by atoms with Gasteiger partial charge >= 0.3 is 0 Å². The number of aryl methyl sites for hydroxylation is 1. The molecule has 0 radical (unpaired) electrons. The van der Waals surface area contributed by atoms with Crippen LogP contribution in [-0.2, 0) is 13.0 Å². The van der Waals surface area contributed by atoms with Crippen molar-refractivity contribution in [2.75, 3.05) is 12.4 Å². The van der Waals surface area contributed by atoms with Crippen LogP contribution in [0.2, 0.25) is 0 Å². The van der Waals surface area contributed by atoms with Crippen LogP contribution < -0.4 is 15.4 Å². The molecule has 0 atom stereocenters. The van der Waals surface area contributed by atoms with Crippen LogP contribution in [-0.4, -0.2) is 23.9 Å². The van der Waals surface area contributed by atoms with Crippen LogP contribution in [0.1, 0.15) is 39.0 Å². The minimum atomic E-state index is -0.351. The first-order valence-corrected chi connectivity index (χ1v) is 9.38. The highest BCUT2D eigenvalue weighted by Crippen LogP contribution is 2.16. The Morgan fingerprint density at radius 3 is 2.28 bits per heavy atom. The number of rotatable bonds is 7. The summed E-state index contributed by atoms with van der Waals surface area (Å²) in [4.78, 5) is 29.2. The van der Waals surface area contributed by atoms with Crippen molar-refractivity contribution < 1.29 is 14.3 Å². The molecular formula is C23H23N3O3. The van der Waals surface area contributed by atoms with Crippen LogP contribution in [0.15, 0.2) is 66.7 Å². The molecule has 1 heterocycles. The molecule has 3 rings (SSSR count). The van der Waals surface area contributed by atoms with Crippen molar-refractivity contribution in [3.8, 4) is 5.75 Å². The molecule has 29 heavy (non-hydrogen) atoms. The molecule has 1 aromatic heterocycles. The SMILES string of the molecule is CCc1ccccc1NC(=O)c1cccc(C(=O)NCc2ccc(OC)cc2)n1. The Labute approximate surface area is 169 Å². The molecule has 0 fully saturated rings. The highest BCUT2D eigenvalue weighted by atomic mass is 16.5. The summed E-state index contributed by atoms with van der Waals surface area (Å²) in [7, 11) is 1.60. The van der Waals surface area contributed by atoms with Crippen molar-refractivity contribution in [1.82, 2.24) is 10.3 Å². The smallest absolute Gasteiger partial charge is 0.274 e. The molecule has 148 valence electrons. The van der Waals surface area contributed by atoms with Gasteiger partial charge in [-0.25, -0.2) is 4.98 Å². The van der Waals surface area contributed by atoms with E-state index in [2.05, 4.69) is 15.6 Å². The van der Waals surface area contributed by atoms with E-state index in [1.165, 1.54) is 0 Å². The van der Waals surface area contributed by atoms with Crippen molar-refractivity contribution in [2.45, 2.75) is 19.9 Å². The Kier molecular flexibility index (Phi) is 6.58. The number of aromatic nitrogens is 1. The van der Waals surface area contributed by atoms with Gasteiger partial charge in [0, 0.05) is 12.2 Å². The minimum absolute atomic E-state index is 0.188. The van der Waals surface area contributed by atoms with Crippen LogP contribution in [0.4, 0.5) is 5.69 Å². The number of carbonyl (C=O) groups is 2. The number of para-hydroxylation sites is 1. The number of anilines is 1. The van der Waals surface area contributed by atoms with Crippen molar-refractivity contribution in [2.24, 2.45) is 0 Å². The Morgan fingerprint density at radius 1 is 0.897 bits per heavy atom. The van der Waals surface area contributed by atoms with E-state index in [1.54, 1.807) is 25.3 Å². The van der Waals surface area contributed by atoms with Gasteiger partial charge in [-0.15, -0.1) is 0 Å². The molecule has 0 spiro atoms. The van der Waals surface area contributed by atoms with E-state index >= 15 is 0 Å². The van der Waals surface area contributed by atoms with E-state index < -0.39 is 0 Å². The van der Waals surface area contributed by atoms with Gasteiger partial charge < -0.3 is 15.4 Å². The lowest BCUT2D eigenvalue weighted by molar-refractivity contribution is 0.0945. The zero-order valence-electron chi connectivity index (χ0n) is 16.4. The number of ether oxygens (including phenoxy) is 1. The number of benzene rings is 2. The summed E-state index contributed by atoms with van der Waals surface area (Å²) in [6.45, 7) is 2.38. The van der Waals surface area contributed by atoms with Crippen LogP contribution in [0.3, 0.4) is 0 Å². The van der Waals surface area contributed by atoms with Gasteiger partial charge in [-0.05, 0) is 47.9 Å². The summed E-state index contributed by atoms with van der Waals surface area (Å²) in [6.07, 6.45) is 0.803. The summed E-state index contributed by atoms with van der Waals surface area (Å²) in [5.41, 5.74) is 3.09. The maximum Gasteiger partial charge on any atom is 0.274 e. The maximum absolute atomic E-state index is 12.6. The van der Waals surface area contributed by atoms with Crippen LogP contribution in [0, 0.1) is 0 Å². The minimum Gasteiger partial charge on any atom is -0.497 e. The Hall–Kier alpha value is -3.67. The predicted octanol–water partition coefficient (Wildman–Crippen LogP) is 3.83. The standard InChI is InChI=1S/C23H23N3O3/c1-3-17-7-4-5-8-19(17)26-23(28)21-10-6-9-20(25-21)22(27)24-15-16-11-13-18(29-2)14-12-16/h4-14H,3,15H2,1-2H3,(H,24,27)(H,26,28). The molecule has 6 heteroatoms. The van der Waals surface area contributed by atoms with Gasteiger partial charge in [-0.1, -0.05) is 43.3 Å². The monoisotopic (exact) mass is 389 g/mol. The van der Waals surface area contributed by atoms with Gasteiger partial charge in [-0.2, -0.15) is 0 Å². The normalized spacial score (nSPS) is 10.3. The van der Waals surface area contributed by atoms with Crippen LogP contribution in [0.5, 0.6) is 5.75 Å². The molecule has 0 aliphatic carbocycles. The van der Waals surface area contributed by atoms with E-state index in [9.17, 15) is 9.59 Å². The molecule has 0 aliphatic heterocycles. The molecule has 0 saturated carbocycles. The number of carbonyl (C=O) groups excluding carboxylic acids is 2. The zero-order chi connectivity index (χ0) is 20.6. The molecule has 0 saturated heterocycles. The highest BCUT2D eigenvalue weighted by Gasteiger charge is 2.13. The summed E-state index contributed by atoms with van der Waals surface area (Å²) in [6, 6.07) is 19.8. The fraction of sp³-hybridized carbons (Fsp3) is 0.174. The Balaban J connectivity index is 1.66. The number of hydrogen-bond donors (Lipinski definition) is 2. The number of pyridine rings is 1. The Morgan fingerprint density at radius 2 is 1.59 bits per heavy atom. The number of hydrogen-bond acceptors (Lipinski definition) is 4. The van der Waals surface area contributed by atoms with Gasteiger partial charge in [0.25, 0.3) is 11.8 Å². The number of methoxy groups -OCH3 is 1. The molecular weight excluding hydrogens is 366 g/mol. The topological polar surface area (TPSA) is 80.3 Å². The largest absolute Gasteiger partial charge is 0.497 e. The van der Waals surface area contributed by atoms with E-state index in [0.717, 1.165) is 29.0 Å². The molecule has 2 aromatic carbocycles. The summed E-state index contributed by atoms with van der Waals surface area (Å²) in [5.74, 6) is 0.0604. The van der Waals surface area contributed by atoms with Gasteiger partial charge in [0.15, 0.2) is 0 Å². The summed E-state index contributed by atoms with van der Waals surface area (Å²) >= 11 is 0. The van der Waals surface area contributed by atoms with Crippen molar-refractivity contribution in [3.63, 3.8) is 0 Å². The second-order valence-corrected chi connectivity index (χ2v) is 6.40. The molecule has 3 aromatic rings. The first-order chi connectivity index (χ1) is 14.1.